The Morgan fingerprint density at radius 1 is 1.41 bits per heavy atom. The van der Waals surface area contributed by atoms with E-state index in [4.69, 9.17) is 9.84 Å². The van der Waals surface area contributed by atoms with E-state index in [1.807, 2.05) is 18.2 Å². The quantitative estimate of drug-likeness (QED) is 0.786. The topological polar surface area (TPSA) is 66.8 Å². The molecule has 1 N–H and O–H groups in total. The van der Waals surface area contributed by atoms with E-state index in [2.05, 4.69) is 13.0 Å². The van der Waals surface area contributed by atoms with Crippen LogP contribution in [0, 0.1) is 0 Å². The normalized spacial score (nSPS) is 17.5. The molecule has 0 radical (unpaired) electrons. The van der Waals surface area contributed by atoms with Gasteiger partial charge in [-0.2, -0.15) is 0 Å². The number of carbonyl (C=O) groups is 2. The summed E-state index contributed by atoms with van der Waals surface area (Å²) in [6, 6.07) is 7.27. The maximum absolute atomic E-state index is 12.1. The molecule has 1 aliphatic heterocycles. The van der Waals surface area contributed by atoms with Crippen LogP contribution in [0.4, 0.5) is 0 Å². The first-order chi connectivity index (χ1) is 10.6. The van der Waals surface area contributed by atoms with Gasteiger partial charge in [-0.25, -0.2) is 4.79 Å². The Balaban J connectivity index is 1.74. The van der Waals surface area contributed by atoms with Crippen LogP contribution in [0.15, 0.2) is 24.3 Å². The van der Waals surface area contributed by atoms with E-state index in [1.54, 1.807) is 0 Å². The van der Waals surface area contributed by atoms with E-state index in [9.17, 15) is 9.59 Å². The van der Waals surface area contributed by atoms with Gasteiger partial charge < -0.3 is 14.7 Å². The zero-order valence-electron chi connectivity index (χ0n) is 13.0. The molecule has 1 unspecified atom stereocenters. The van der Waals surface area contributed by atoms with Crippen LogP contribution >= 0.6 is 0 Å². The summed E-state index contributed by atoms with van der Waals surface area (Å²) < 4.78 is 5.65. The Hall–Kier alpha value is -2.04. The number of carboxylic acids is 1. The average Bonchev–Trinajstić information content (AvgIpc) is 3.01. The van der Waals surface area contributed by atoms with Crippen LogP contribution in [0.2, 0.25) is 0 Å². The van der Waals surface area contributed by atoms with Crippen molar-refractivity contribution >= 4 is 11.9 Å². The monoisotopic (exact) mass is 305 g/mol. The van der Waals surface area contributed by atoms with Crippen molar-refractivity contribution < 1.29 is 19.4 Å². The number of benzene rings is 1. The number of ether oxygens (including phenoxy) is 1. The van der Waals surface area contributed by atoms with Crippen molar-refractivity contribution in [2.75, 3.05) is 13.2 Å². The highest BCUT2D eigenvalue weighted by molar-refractivity contribution is 5.84. The molecule has 1 heterocycles. The van der Waals surface area contributed by atoms with E-state index >= 15 is 0 Å². The second-order valence-electron chi connectivity index (χ2n) is 5.54. The van der Waals surface area contributed by atoms with Crippen molar-refractivity contribution in [3.63, 3.8) is 0 Å². The third-order valence-corrected chi connectivity index (χ3v) is 3.97. The molecule has 1 amide bonds. The molecular weight excluding hydrogens is 282 g/mol. The fraction of sp³-hybridized carbons (Fsp3) is 0.529. The summed E-state index contributed by atoms with van der Waals surface area (Å²) in [5.41, 5.74) is 1.22. The van der Waals surface area contributed by atoms with E-state index < -0.39 is 12.0 Å². The van der Waals surface area contributed by atoms with Crippen LogP contribution in [-0.4, -0.2) is 41.1 Å². The summed E-state index contributed by atoms with van der Waals surface area (Å²) in [5, 5.41) is 9.08. The predicted octanol–water partition coefficient (Wildman–Crippen LogP) is 2.48. The molecular formula is C17H23NO4. The molecule has 2 rings (SSSR count). The van der Waals surface area contributed by atoms with Crippen LogP contribution < -0.4 is 4.74 Å². The minimum Gasteiger partial charge on any atom is -0.494 e. The molecule has 1 aliphatic rings. The lowest BCUT2D eigenvalue weighted by molar-refractivity contribution is -0.148. The van der Waals surface area contributed by atoms with Crippen molar-refractivity contribution in [1.82, 2.24) is 4.90 Å². The highest BCUT2D eigenvalue weighted by Crippen LogP contribution is 2.19. The first kappa shape index (κ1) is 16.3. The number of aryl methyl sites for hydroxylation is 1. The minimum absolute atomic E-state index is 0.0872. The summed E-state index contributed by atoms with van der Waals surface area (Å²) in [6.45, 7) is 3.10. The van der Waals surface area contributed by atoms with Gasteiger partial charge in [0.25, 0.3) is 0 Å². The van der Waals surface area contributed by atoms with Gasteiger partial charge in [0, 0.05) is 13.0 Å². The summed E-state index contributed by atoms with van der Waals surface area (Å²) >= 11 is 0. The highest BCUT2D eigenvalue weighted by Gasteiger charge is 2.33. The van der Waals surface area contributed by atoms with Crippen LogP contribution in [-0.2, 0) is 16.0 Å². The third-order valence-electron chi connectivity index (χ3n) is 3.97. The SMILES string of the molecule is CCc1cccc(OCCCC(=O)N2CCCC2C(=O)O)c1. The van der Waals surface area contributed by atoms with Crippen molar-refractivity contribution in [3.05, 3.63) is 29.8 Å². The number of amides is 1. The van der Waals surface area contributed by atoms with Gasteiger partial charge in [0.15, 0.2) is 0 Å². The Bertz CT molecular complexity index is 529. The van der Waals surface area contributed by atoms with E-state index in [0.29, 0.717) is 32.4 Å². The minimum atomic E-state index is -0.904. The molecule has 1 saturated heterocycles. The lowest BCUT2D eigenvalue weighted by Gasteiger charge is -2.21. The maximum atomic E-state index is 12.1. The van der Waals surface area contributed by atoms with Gasteiger partial charge >= 0.3 is 5.97 Å². The lowest BCUT2D eigenvalue weighted by Crippen LogP contribution is -2.40. The summed E-state index contributed by atoms with van der Waals surface area (Å²) in [5.74, 6) is -0.175. The second-order valence-corrected chi connectivity index (χ2v) is 5.54. The number of nitrogens with zero attached hydrogens (tertiary/aromatic N) is 1. The molecule has 1 atom stereocenters. The van der Waals surface area contributed by atoms with Gasteiger partial charge in [0.2, 0.25) is 5.91 Å². The summed E-state index contributed by atoms with van der Waals surface area (Å²) in [6.07, 6.45) is 3.21. The molecule has 0 aromatic heterocycles. The zero-order chi connectivity index (χ0) is 15.9. The van der Waals surface area contributed by atoms with Crippen LogP contribution in [0.25, 0.3) is 0 Å². The van der Waals surface area contributed by atoms with Gasteiger partial charge in [-0.05, 0) is 43.4 Å². The molecule has 0 aliphatic carbocycles. The molecule has 1 fully saturated rings. The molecule has 0 spiro atoms. The van der Waals surface area contributed by atoms with Gasteiger partial charge in [-0.15, -0.1) is 0 Å². The number of likely N-dealkylation sites (tertiary alicyclic amines) is 1. The fourth-order valence-corrected chi connectivity index (χ4v) is 2.73. The first-order valence-electron chi connectivity index (χ1n) is 7.86. The molecule has 0 saturated carbocycles. The number of hydrogen-bond donors (Lipinski definition) is 1. The zero-order valence-corrected chi connectivity index (χ0v) is 13.0. The van der Waals surface area contributed by atoms with Gasteiger partial charge in [-0.1, -0.05) is 19.1 Å². The molecule has 22 heavy (non-hydrogen) atoms. The standard InChI is InChI=1S/C17H23NO4/c1-2-13-6-3-7-14(12-13)22-11-5-9-16(19)18-10-4-8-15(18)17(20)21/h3,6-7,12,15H,2,4-5,8-11H2,1H3,(H,20,21). The predicted molar refractivity (Wildman–Crippen MR) is 82.9 cm³/mol. The van der Waals surface area contributed by atoms with Crippen LogP contribution in [0.1, 0.15) is 38.2 Å². The second kappa shape index (κ2) is 7.82. The number of carboxylic acid groups (broad SMARTS) is 1. The summed E-state index contributed by atoms with van der Waals surface area (Å²) in [4.78, 5) is 24.6. The number of aliphatic carboxylic acids is 1. The van der Waals surface area contributed by atoms with Crippen molar-refractivity contribution in [2.24, 2.45) is 0 Å². The largest absolute Gasteiger partial charge is 0.494 e. The van der Waals surface area contributed by atoms with E-state index in [1.165, 1.54) is 10.5 Å². The van der Waals surface area contributed by atoms with E-state index in [0.717, 1.165) is 18.6 Å². The Kier molecular flexibility index (Phi) is 5.81. The molecule has 5 nitrogen and oxygen atoms in total. The van der Waals surface area contributed by atoms with Gasteiger partial charge in [-0.3, -0.25) is 4.79 Å². The van der Waals surface area contributed by atoms with Crippen LogP contribution in [0.5, 0.6) is 5.75 Å². The highest BCUT2D eigenvalue weighted by atomic mass is 16.5. The average molecular weight is 305 g/mol. The smallest absolute Gasteiger partial charge is 0.326 e. The molecule has 1 aromatic rings. The molecule has 5 heteroatoms. The Morgan fingerprint density at radius 3 is 2.95 bits per heavy atom. The fourth-order valence-electron chi connectivity index (χ4n) is 2.73. The van der Waals surface area contributed by atoms with Crippen molar-refractivity contribution in [2.45, 2.75) is 45.1 Å². The lowest BCUT2D eigenvalue weighted by atomic mass is 10.2. The molecule has 120 valence electrons. The van der Waals surface area contributed by atoms with E-state index in [-0.39, 0.29) is 5.91 Å². The first-order valence-corrected chi connectivity index (χ1v) is 7.86. The Morgan fingerprint density at radius 2 is 2.23 bits per heavy atom. The van der Waals surface area contributed by atoms with Crippen molar-refractivity contribution in [3.8, 4) is 5.75 Å². The van der Waals surface area contributed by atoms with Crippen molar-refractivity contribution in [1.29, 1.82) is 0 Å². The third kappa shape index (κ3) is 4.23. The van der Waals surface area contributed by atoms with Gasteiger partial charge in [0.1, 0.15) is 11.8 Å². The molecule has 0 bridgehead atoms. The number of hydrogen-bond acceptors (Lipinski definition) is 3. The maximum Gasteiger partial charge on any atom is 0.326 e. The number of carbonyl (C=O) groups excluding carboxylic acids is 1. The Labute approximate surface area is 130 Å². The van der Waals surface area contributed by atoms with Crippen LogP contribution in [0.3, 0.4) is 0 Å². The van der Waals surface area contributed by atoms with Gasteiger partial charge in [0.05, 0.1) is 6.61 Å². The molecule has 1 aromatic carbocycles. The number of rotatable bonds is 7. The summed E-state index contributed by atoms with van der Waals surface area (Å²) in [7, 11) is 0.